The number of aromatic nitrogens is 3. The molecular formula is C26H25N5O3S. The number of thiazole rings is 1. The van der Waals surface area contributed by atoms with E-state index in [2.05, 4.69) is 15.4 Å². The number of anilines is 1. The van der Waals surface area contributed by atoms with Gasteiger partial charge in [-0.3, -0.25) is 18.8 Å². The monoisotopic (exact) mass is 487 g/mol. The molecule has 1 N–H and O–H groups in total. The first kappa shape index (κ1) is 22.8. The van der Waals surface area contributed by atoms with E-state index in [1.807, 2.05) is 74.1 Å². The topological polar surface area (TPSA) is 94.4 Å². The largest absolute Gasteiger partial charge is 0.464 e. The molecule has 3 aromatic heterocycles. The summed E-state index contributed by atoms with van der Waals surface area (Å²) in [6.45, 7) is 8.30. The lowest BCUT2D eigenvalue weighted by atomic mass is 10.00. The maximum absolute atomic E-state index is 13.7. The summed E-state index contributed by atoms with van der Waals surface area (Å²) in [5.41, 5.74) is 3.06. The smallest absolute Gasteiger partial charge is 0.271 e. The Hall–Kier alpha value is -3.98. The van der Waals surface area contributed by atoms with Gasteiger partial charge in [0.15, 0.2) is 4.80 Å². The first-order chi connectivity index (χ1) is 16.9. The lowest BCUT2D eigenvalue weighted by molar-refractivity contribution is -0.113. The predicted octanol–water partition coefficient (Wildman–Crippen LogP) is 3.30. The van der Waals surface area contributed by atoms with E-state index < -0.39 is 6.04 Å². The van der Waals surface area contributed by atoms with Gasteiger partial charge in [-0.2, -0.15) is 5.10 Å². The van der Waals surface area contributed by atoms with Gasteiger partial charge in [-0.1, -0.05) is 29.5 Å². The highest BCUT2D eigenvalue weighted by atomic mass is 32.1. The molecule has 178 valence electrons. The van der Waals surface area contributed by atoms with Gasteiger partial charge in [0.05, 0.1) is 21.5 Å². The summed E-state index contributed by atoms with van der Waals surface area (Å²) in [5, 5.41) is 7.40. The molecular weight excluding hydrogens is 462 g/mol. The van der Waals surface area contributed by atoms with E-state index in [1.165, 1.54) is 11.3 Å². The summed E-state index contributed by atoms with van der Waals surface area (Å²) in [6.07, 6.45) is 3.76. The Morgan fingerprint density at radius 3 is 2.60 bits per heavy atom. The highest BCUT2D eigenvalue weighted by Crippen LogP contribution is 2.31. The molecule has 9 heteroatoms. The van der Waals surface area contributed by atoms with Crippen molar-refractivity contribution in [3.8, 4) is 0 Å². The van der Waals surface area contributed by atoms with Crippen LogP contribution in [0.5, 0.6) is 0 Å². The number of amides is 1. The molecule has 1 aliphatic heterocycles. The zero-order valence-corrected chi connectivity index (χ0v) is 20.7. The Balaban J connectivity index is 1.67. The van der Waals surface area contributed by atoms with Gasteiger partial charge in [0.25, 0.3) is 11.5 Å². The molecule has 0 saturated carbocycles. The number of para-hydroxylation sites is 1. The van der Waals surface area contributed by atoms with E-state index in [9.17, 15) is 9.59 Å². The number of nitrogens with one attached hydrogen (secondary N) is 1. The third-order valence-corrected chi connectivity index (χ3v) is 6.91. The van der Waals surface area contributed by atoms with Crippen LogP contribution in [0, 0.1) is 13.8 Å². The number of carbonyl (C=O) groups excluding carboxylic acids is 1. The molecule has 0 spiro atoms. The first-order valence-electron chi connectivity index (χ1n) is 11.3. The van der Waals surface area contributed by atoms with Gasteiger partial charge in [-0.05, 0) is 58.0 Å². The molecule has 4 heterocycles. The molecule has 1 atom stereocenters. The van der Waals surface area contributed by atoms with E-state index in [4.69, 9.17) is 4.42 Å². The Kier molecular flexibility index (Phi) is 5.86. The van der Waals surface area contributed by atoms with Crippen LogP contribution in [-0.2, 0) is 11.3 Å². The van der Waals surface area contributed by atoms with E-state index in [0.717, 1.165) is 17.8 Å². The molecule has 0 radical (unpaired) electrons. The van der Waals surface area contributed by atoms with E-state index in [0.29, 0.717) is 37.8 Å². The minimum atomic E-state index is -0.731. The summed E-state index contributed by atoms with van der Waals surface area (Å²) in [4.78, 5) is 32.3. The average molecular weight is 488 g/mol. The summed E-state index contributed by atoms with van der Waals surface area (Å²) >= 11 is 1.29. The van der Waals surface area contributed by atoms with Crippen LogP contribution in [0.2, 0.25) is 0 Å². The van der Waals surface area contributed by atoms with Crippen LogP contribution in [0.25, 0.3) is 6.08 Å². The van der Waals surface area contributed by atoms with Crippen molar-refractivity contribution in [1.82, 2.24) is 14.3 Å². The number of hydrogen-bond acceptors (Lipinski definition) is 6. The number of allylic oxidation sites excluding steroid dienone is 1. The van der Waals surface area contributed by atoms with Crippen LogP contribution in [-0.4, -0.2) is 20.3 Å². The highest BCUT2D eigenvalue weighted by Gasteiger charge is 2.34. The molecule has 0 saturated heterocycles. The van der Waals surface area contributed by atoms with Gasteiger partial charge in [0.2, 0.25) is 0 Å². The van der Waals surface area contributed by atoms with Gasteiger partial charge >= 0.3 is 0 Å². The van der Waals surface area contributed by atoms with Crippen LogP contribution >= 0.6 is 11.3 Å². The summed E-state index contributed by atoms with van der Waals surface area (Å²) in [6, 6.07) is 12.1. The fraction of sp³-hybridized carbons (Fsp3) is 0.231. The Morgan fingerprint density at radius 2 is 1.94 bits per heavy atom. The zero-order valence-electron chi connectivity index (χ0n) is 19.9. The first-order valence-corrected chi connectivity index (χ1v) is 12.2. The fourth-order valence-corrected chi connectivity index (χ4v) is 5.22. The molecule has 8 nitrogen and oxygen atoms in total. The second-order valence-corrected chi connectivity index (χ2v) is 9.39. The molecule has 5 rings (SSSR count). The summed E-state index contributed by atoms with van der Waals surface area (Å²) in [7, 11) is 0. The van der Waals surface area contributed by atoms with Crippen LogP contribution < -0.4 is 20.2 Å². The number of carbonyl (C=O) groups is 1. The van der Waals surface area contributed by atoms with Gasteiger partial charge in [-0.15, -0.1) is 0 Å². The lowest BCUT2D eigenvalue weighted by Crippen LogP contribution is -2.40. The Labute approximate surface area is 205 Å². The number of fused-ring (bicyclic) bond motifs is 1. The molecule has 0 fully saturated rings. The molecule has 35 heavy (non-hydrogen) atoms. The average Bonchev–Trinajstić information content (AvgIpc) is 3.51. The van der Waals surface area contributed by atoms with Crippen molar-refractivity contribution in [2.75, 3.05) is 5.32 Å². The molecule has 4 aromatic rings. The van der Waals surface area contributed by atoms with Gasteiger partial charge in [0, 0.05) is 24.0 Å². The molecule has 1 amide bonds. The van der Waals surface area contributed by atoms with E-state index in [-0.39, 0.29) is 11.5 Å². The Morgan fingerprint density at radius 1 is 1.17 bits per heavy atom. The van der Waals surface area contributed by atoms with E-state index >= 15 is 0 Å². The number of aryl methyl sites for hydroxylation is 3. The number of hydrogen-bond donors (Lipinski definition) is 1. The zero-order chi connectivity index (χ0) is 24.7. The Bertz CT molecular complexity index is 1640. The number of nitrogens with zero attached hydrogens (tertiary/aromatic N) is 4. The van der Waals surface area contributed by atoms with Gasteiger partial charge in [-0.25, -0.2) is 4.99 Å². The van der Waals surface area contributed by atoms with Gasteiger partial charge < -0.3 is 9.73 Å². The van der Waals surface area contributed by atoms with Crippen molar-refractivity contribution in [1.29, 1.82) is 0 Å². The van der Waals surface area contributed by atoms with Crippen molar-refractivity contribution in [3.63, 3.8) is 0 Å². The second kappa shape index (κ2) is 8.99. The van der Waals surface area contributed by atoms with Crippen molar-refractivity contribution >= 4 is 29.0 Å². The van der Waals surface area contributed by atoms with Crippen molar-refractivity contribution < 1.29 is 9.21 Å². The molecule has 1 aromatic carbocycles. The van der Waals surface area contributed by atoms with Crippen molar-refractivity contribution in [2.24, 2.45) is 4.99 Å². The van der Waals surface area contributed by atoms with Crippen LogP contribution in [0.1, 0.15) is 42.7 Å². The van der Waals surface area contributed by atoms with Crippen molar-refractivity contribution in [2.45, 2.75) is 40.3 Å². The number of furan rings is 1. The van der Waals surface area contributed by atoms with Gasteiger partial charge in [0.1, 0.15) is 17.6 Å². The minimum absolute atomic E-state index is 0.228. The van der Waals surface area contributed by atoms with E-state index in [1.54, 1.807) is 17.6 Å². The maximum Gasteiger partial charge on any atom is 0.271 e. The summed E-state index contributed by atoms with van der Waals surface area (Å²) in [5.74, 6) is 0.880. The van der Waals surface area contributed by atoms with Crippen molar-refractivity contribution in [3.05, 3.63) is 102 Å². The lowest BCUT2D eigenvalue weighted by Gasteiger charge is -2.23. The normalized spacial score (nSPS) is 15.8. The third-order valence-electron chi connectivity index (χ3n) is 5.92. The third kappa shape index (κ3) is 4.19. The molecule has 0 bridgehead atoms. The number of benzene rings is 1. The SMILES string of the molecule is CCn1cc(C=c2sc3n(c2=O)[C@@H](c2ccc(C)o2)C(C(=O)Nc2ccccc2)=C(C)N=3)c(C)n1. The van der Waals surface area contributed by atoms with Crippen LogP contribution in [0.3, 0.4) is 0 Å². The van der Waals surface area contributed by atoms with Crippen LogP contribution in [0.15, 0.2) is 74.1 Å². The molecule has 0 aliphatic carbocycles. The maximum atomic E-state index is 13.7. The molecule has 0 unspecified atom stereocenters. The second-order valence-electron chi connectivity index (χ2n) is 8.38. The quantitative estimate of drug-likeness (QED) is 0.467. The fourth-order valence-electron chi connectivity index (χ4n) is 4.18. The number of rotatable bonds is 5. The molecule has 1 aliphatic rings. The summed E-state index contributed by atoms with van der Waals surface area (Å²) < 4.78 is 9.86. The standard InChI is InChI=1S/C26H25N5O3S/c1-5-30-14-18(16(3)29-30)13-21-25(33)31-23(20-12-11-15(2)34-20)22(17(4)27-26(31)35-21)24(32)28-19-9-7-6-8-10-19/h6-14,23H,5H2,1-4H3,(H,28,32)/t23-/m0/s1. The van der Waals surface area contributed by atoms with Crippen LogP contribution in [0.4, 0.5) is 5.69 Å². The predicted molar refractivity (Wildman–Crippen MR) is 135 cm³/mol. The highest BCUT2D eigenvalue weighted by molar-refractivity contribution is 7.07. The minimum Gasteiger partial charge on any atom is -0.464 e.